The summed E-state index contributed by atoms with van der Waals surface area (Å²) in [4.78, 5) is 16.4. The van der Waals surface area contributed by atoms with Crippen molar-refractivity contribution in [2.24, 2.45) is 0 Å². The molecule has 2 aromatic carbocycles. The molecule has 3 aromatic rings. The van der Waals surface area contributed by atoms with Crippen LogP contribution in [0.1, 0.15) is 15.9 Å². The van der Waals surface area contributed by atoms with E-state index in [0.717, 1.165) is 11.3 Å². The van der Waals surface area contributed by atoms with Crippen molar-refractivity contribution in [2.75, 3.05) is 10.6 Å². The molecule has 0 aliphatic rings. The third kappa shape index (κ3) is 3.76. The first-order valence-corrected chi connectivity index (χ1v) is 7.46. The Hall–Kier alpha value is -3.21. The molecule has 0 spiro atoms. The fourth-order valence-corrected chi connectivity index (χ4v) is 2.27. The van der Waals surface area contributed by atoms with E-state index in [2.05, 4.69) is 15.6 Å². The van der Waals surface area contributed by atoms with Crippen LogP contribution in [0.15, 0.2) is 67.0 Å². The number of aryl methyl sites for hydroxylation is 1. The summed E-state index contributed by atoms with van der Waals surface area (Å²) < 4.78 is 13.2. The Kier molecular flexibility index (Phi) is 4.52. The van der Waals surface area contributed by atoms with E-state index in [0.29, 0.717) is 16.9 Å². The van der Waals surface area contributed by atoms with Gasteiger partial charge in [0.25, 0.3) is 5.91 Å². The normalized spacial score (nSPS) is 10.2. The van der Waals surface area contributed by atoms with Crippen LogP contribution in [0, 0.1) is 12.7 Å². The maximum Gasteiger partial charge on any atom is 0.257 e. The van der Waals surface area contributed by atoms with E-state index in [4.69, 9.17) is 0 Å². The molecule has 1 heterocycles. The van der Waals surface area contributed by atoms with Crippen molar-refractivity contribution in [3.05, 3.63) is 83.9 Å². The van der Waals surface area contributed by atoms with Crippen molar-refractivity contribution < 1.29 is 9.18 Å². The molecule has 4 nitrogen and oxygen atoms in total. The third-order valence-electron chi connectivity index (χ3n) is 3.51. The van der Waals surface area contributed by atoms with E-state index in [1.165, 1.54) is 18.3 Å². The van der Waals surface area contributed by atoms with Gasteiger partial charge >= 0.3 is 0 Å². The van der Waals surface area contributed by atoms with Crippen molar-refractivity contribution >= 4 is 23.0 Å². The zero-order valence-electron chi connectivity index (χ0n) is 13.1. The first-order valence-electron chi connectivity index (χ1n) is 7.46. The molecular weight excluding hydrogens is 305 g/mol. The topological polar surface area (TPSA) is 54.0 Å². The quantitative estimate of drug-likeness (QED) is 0.742. The van der Waals surface area contributed by atoms with E-state index < -0.39 is 5.82 Å². The number of nitrogens with zero attached hydrogens (tertiary/aromatic N) is 1. The maximum atomic E-state index is 13.2. The predicted molar refractivity (Wildman–Crippen MR) is 93.1 cm³/mol. The highest BCUT2D eigenvalue weighted by molar-refractivity contribution is 6.04. The average Bonchev–Trinajstić information content (AvgIpc) is 2.57. The lowest BCUT2D eigenvalue weighted by Gasteiger charge is -2.10. The first kappa shape index (κ1) is 15.7. The number of carbonyl (C=O) groups excluding carboxylic acids is 1. The molecule has 0 radical (unpaired) electrons. The SMILES string of the molecule is Cc1ccccc1Nc1cncc(C(=O)Nc2cccc(F)c2)c1. The standard InChI is InChI=1S/C19H16FN3O/c1-13-5-2-3-8-18(13)22-17-9-14(11-21-12-17)19(24)23-16-7-4-6-15(20)10-16/h2-12,22H,1H3,(H,23,24). The smallest absolute Gasteiger partial charge is 0.257 e. The minimum absolute atomic E-state index is 0.346. The Morgan fingerprint density at radius 2 is 1.83 bits per heavy atom. The van der Waals surface area contributed by atoms with Crippen molar-refractivity contribution in [3.63, 3.8) is 0 Å². The van der Waals surface area contributed by atoms with Gasteiger partial charge in [-0.2, -0.15) is 0 Å². The number of para-hydroxylation sites is 1. The van der Waals surface area contributed by atoms with Crippen LogP contribution >= 0.6 is 0 Å². The summed E-state index contributed by atoms with van der Waals surface area (Å²) in [5.41, 5.74) is 3.53. The number of nitrogens with one attached hydrogen (secondary N) is 2. The van der Waals surface area contributed by atoms with Gasteiger partial charge in [-0.15, -0.1) is 0 Å². The second kappa shape index (κ2) is 6.91. The summed E-state index contributed by atoms with van der Waals surface area (Å²) in [5.74, 6) is -0.748. The summed E-state index contributed by atoms with van der Waals surface area (Å²) in [6.45, 7) is 2.00. The number of hydrogen-bond donors (Lipinski definition) is 2. The number of halogens is 1. The highest BCUT2D eigenvalue weighted by Crippen LogP contribution is 2.20. The number of carbonyl (C=O) groups is 1. The van der Waals surface area contributed by atoms with Gasteiger partial charge in [-0.05, 0) is 42.8 Å². The Labute approximate surface area is 139 Å². The zero-order valence-corrected chi connectivity index (χ0v) is 13.1. The molecule has 120 valence electrons. The van der Waals surface area contributed by atoms with E-state index in [-0.39, 0.29) is 5.91 Å². The predicted octanol–water partition coefficient (Wildman–Crippen LogP) is 4.53. The van der Waals surface area contributed by atoms with Crippen molar-refractivity contribution in [1.29, 1.82) is 0 Å². The van der Waals surface area contributed by atoms with Gasteiger partial charge in [0.05, 0.1) is 17.4 Å². The number of amides is 1. The summed E-state index contributed by atoms with van der Waals surface area (Å²) >= 11 is 0. The number of aromatic nitrogens is 1. The molecule has 2 N–H and O–H groups in total. The van der Waals surface area contributed by atoms with Crippen LogP contribution in [0.4, 0.5) is 21.5 Å². The molecular formula is C19H16FN3O. The highest BCUT2D eigenvalue weighted by Gasteiger charge is 2.08. The monoisotopic (exact) mass is 321 g/mol. The average molecular weight is 321 g/mol. The van der Waals surface area contributed by atoms with Crippen LogP contribution in [0.25, 0.3) is 0 Å². The van der Waals surface area contributed by atoms with Crippen molar-refractivity contribution in [1.82, 2.24) is 4.98 Å². The van der Waals surface area contributed by atoms with Gasteiger partial charge in [0, 0.05) is 17.6 Å². The number of hydrogen-bond acceptors (Lipinski definition) is 3. The summed E-state index contributed by atoms with van der Waals surface area (Å²) in [5, 5.41) is 5.89. The lowest BCUT2D eigenvalue weighted by Crippen LogP contribution is -2.12. The Morgan fingerprint density at radius 1 is 1.00 bits per heavy atom. The minimum Gasteiger partial charge on any atom is -0.354 e. The van der Waals surface area contributed by atoms with Gasteiger partial charge in [0.1, 0.15) is 5.82 Å². The van der Waals surface area contributed by atoms with Crippen LogP contribution in [-0.2, 0) is 0 Å². The molecule has 0 atom stereocenters. The molecule has 0 unspecified atom stereocenters. The van der Waals surface area contributed by atoms with Crippen molar-refractivity contribution in [3.8, 4) is 0 Å². The van der Waals surface area contributed by atoms with Crippen LogP contribution < -0.4 is 10.6 Å². The molecule has 0 aliphatic heterocycles. The van der Waals surface area contributed by atoms with E-state index in [1.54, 1.807) is 24.4 Å². The number of rotatable bonds is 4. The minimum atomic E-state index is -0.402. The number of benzene rings is 2. The van der Waals surface area contributed by atoms with Gasteiger partial charge in [-0.3, -0.25) is 9.78 Å². The largest absolute Gasteiger partial charge is 0.354 e. The fraction of sp³-hybridized carbons (Fsp3) is 0.0526. The van der Waals surface area contributed by atoms with Crippen molar-refractivity contribution in [2.45, 2.75) is 6.92 Å². The van der Waals surface area contributed by atoms with Crippen LogP contribution in [-0.4, -0.2) is 10.9 Å². The Balaban J connectivity index is 1.77. The second-order valence-corrected chi connectivity index (χ2v) is 5.37. The third-order valence-corrected chi connectivity index (χ3v) is 3.51. The van der Waals surface area contributed by atoms with Crippen LogP contribution in [0.5, 0.6) is 0 Å². The highest BCUT2D eigenvalue weighted by atomic mass is 19.1. The van der Waals surface area contributed by atoms with Crippen LogP contribution in [0.3, 0.4) is 0 Å². The molecule has 0 fully saturated rings. The van der Waals surface area contributed by atoms with E-state index in [9.17, 15) is 9.18 Å². The summed E-state index contributed by atoms with van der Waals surface area (Å²) in [6, 6.07) is 15.3. The maximum absolute atomic E-state index is 13.2. The molecule has 5 heteroatoms. The fourth-order valence-electron chi connectivity index (χ4n) is 2.27. The number of anilines is 3. The molecule has 1 amide bonds. The summed E-state index contributed by atoms with van der Waals surface area (Å²) in [6.07, 6.45) is 3.11. The van der Waals surface area contributed by atoms with E-state index in [1.807, 2.05) is 31.2 Å². The molecule has 0 saturated carbocycles. The Morgan fingerprint density at radius 3 is 2.62 bits per heavy atom. The molecule has 24 heavy (non-hydrogen) atoms. The molecule has 1 aromatic heterocycles. The zero-order chi connectivity index (χ0) is 16.9. The first-order chi connectivity index (χ1) is 11.6. The molecule has 0 bridgehead atoms. The van der Waals surface area contributed by atoms with Gasteiger partial charge in [0.15, 0.2) is 0 Å². The van der Waals surface area contributed by atoms with Gasteiger partial charge in [0.2, 0.25) is 0 Å². The second-order valence-electron chi connectivity index (χ2n) is 5.37. The van der Waals surface area contributed by atoms with E-state index >= 15 is 0 Å². The van der Waals surface area contributed by atoms with Gasteiger partial charge in [-0.25, -0.2) is 4.39 Å². The van der Waals surface area contributed by atoms with Gasteiger partial charge in [-0.1, -0.05) is 24.3 Å². The lowest BCUT2D eigenvalue weighted by molar-refractivity contribution is 0.102. The molecule has 0 saturated heterocycles. The molecule has 3 rings (SSSR count). The summed E-state index contributed by atoms with van der Waals surface area (Å²) in [7, 11) is 0. The van der Waals surface area contributed by atoms with Gasteiger partial charge < -0.3 is 10.6 Å². The molecule has 0 aliphatic carbocycles. The lowest BCUT2D eigenvalue weighted by atomic mass is 10.2. The van der Waals surface area contributed by atoms with Crippen LogP contribution in [0.2, 0.25) is 0 Å². The Bertz CT molecular complexity index is 880. The number of pyridine rings is 1.